The van der Waals surface area contributed by atoms with Crippen molar-refractivity contribution in [3.8, 4) is 0 Å². The van der Waals surface area contributed by atoms with Gasteiger partial charge in [-0.2, -0.15) is 0 Å². The summed E-state index contributed by atoms with van der Waals surface area (Å²) in [6.45, 7) is 5.72. The Morgan fingerprint density at radius 1 is 1.20 bits per heavy atom. The number of aromatic nitrogens is 1. The minimum atomic E-state index is 0.738. The number of pyridine rings is 1. The highest BCUT2D eigenvalue weighted by Crippen LogP contribution is 2.36. The van der Waals surface area contributed by atoms with Gasteiger partial charge < -0.3 is 9.80 Å². The lowest BCUT2D eigenvalue weighted by Gasteiger charge is -2.24. The van der Waals surface area contributed by atoms with E-state index >= 15 is 0 Å². The maximum Gasteiger partial charge on any atom is 0.0726 e. The van der Waals surface area contributed by atoms with E-state index in [-0.39, 0.29) is 0 Å². The highest BCUT2D eigenvalue weighted by Gasteiger charge is 2.39. The zero-order chi connectivity index (χ0) is 13.7. The Morgan fingerprint density at radius 3 is 2.90 bits per heavy atom. The summed E-state index contributed by atoms with van der Waals surface area (Å²) in [7, 11) is 2.27. The maximum atomic E-state index is 4.66. The van der Waals surface area contributed by atoms with Crippen molar-refractivity contribution >= 4 is 16.6 Å². The van der Waals surface area contributed by atoms with Gasteiger partial charge in [0.2, 0.25) is 0 Å². The Hall–Kier alpha value is -1.61. The van der Waals surface area contributed by atoms with Gasteiger partial charge in [0.1, 0.15) is 0 Å². The third-order valence-corrected chi connectivity index (χ3v) is 4.99. The first kappa shape index (κ1) is 12.2. The van der Waals surface area contributed by atoms with E-state index in [0.29, 0.717) is 0 Å². The molecule has 2 atom stereocenters. The van der Waals surface area contributed by atoms with Gasteiger partial charge in [0.25, 0.3) is 0 Å². The van der Waals surface area contributed by atoms with Crippen molar-refractivity contribution in [1.82, 2.24) is 9.88 Å². The second-order valence-electron chi connectivity index (χ2n) is 6.30. The first-order valence-electron chi connectivity index (χ1n) is 7.54. The molecule has 0 aliphatic carbocycles. The van der Waals surface area contributed by atoms with Gasteiger partial charge in [-0.25, -0.2) is 0 Å². The summed E-state index contributed by atoms with van der Waals surface area (Å²) in [5, 5.41) is 1.29. The van der Waals surface area contributed by atoms with E-state index in [9.17, 15) is 0 Å². The van der Waals surface area contributed by atoms with Crippen molar-refractivity contribution in [3.05, 3.63) is 36.0 Å². The average molecular weight is 267 g/mol. The molecule has 0 bridgehead atoms. The molecule has 0 N–H and O–H groups in total. The van der Waals surface area contributed by atoms with Gasteiger partial charge >= 0.3 is 0 Å². The first-order valence-corrected chi connectivity index (χ1v) is 7.54. The molecule has 2 aromatic rings. The van der Waals surface area contributed by atoms with Gasteiger partial charge in [-0.15, -0.1) is 0 Å². The number of hydrogen-bond acceptors (Lipinski definition) is 3. The zero-order valence-corrected chi connectivity index (χ0v) is 12.2. The molecule has 0 amide bonds. The maximum absolute atomic E-state index is 4.66. The highest BCUT2D eigenvalue weighted by molar-refractivity contribution is 5.92. The summed E-state index contributed by atoms with van der Waals surface area (Å²) >= 11 is 0. The summed E-state index contributed by atoms with van der Waals surface area (Å²) in [5.41, 5.74) is 3.60. The number of para-hydroxylation sites is 1. The Morgan fingerprint density at radius 2 is 2.05 bits per heavy atom. The zero-order valence-electron chi connectivity index (χ0n) is 12.2. The quantitative estimate of drug-likeness (QED) is 0.792. The Bertz CT molecular complexity index is 652. The molecule has 20 heavy (non-hydrogen) atoms. The van der Waals surface area contributed by atoms with Crippen molar-refractivity contribution in [2.75, 3.05) is 31.6 Å². The second kappa shape index (κ2) is 4.45. The molecule has 2 aliphatic heterocycles. The van der Waals surface area contributed by atoms with Crippen LogP contribution in [0.25, 0.3) is 10.9 Å². The van der Waals surface area contributed by atoms with Crippen LogP contribution in [0.1, 0.15) is 12.1 Å². The summed E-state index contributed by atoms with van der Waals surface area (Å²) in [6, 6.07) is 11.5. The predicted octanol–water partition coefficient (Wildman–Crippen LogP) is 2.68. The van der Waals surface area contributed by atoms with Crippen molar-refractivity contribution in [1.29, 1.82) is 0 Å². The van der Waals surface area contributed by atoms with Gasteiger partial charge in [0, 0.05) is 35.9 Å². The van der Waals surface area contributed by atoms with Crippen LogP contribution in [0, 0.1) is 12.8 Å². The molecule has 4 rings (SSSR count). The van der Waals surface area contributed by atoms with Crippen LogP contribution in [-0.4, -0.2) is 42.6 Å². The smallest absolute Gasteiger partial charge is 0.0726 e. The molecule has 1 aromatic carbocycles. The normalized spacial score (nSPS) is 26.4. The minimum Gasteiger partial charge on any atom is -0.369 e. The van der Waals surface area contributed by atoms with Gasteiger partial charge in [-0.1, -0.05) is 18.2 Å². The Balaban J connectivity index is 1.76. The first-order chi connectivity index (χ1) is 9.72. The van der Waals surface area contributed by atoms with Crippen LogP contribution < -0.4 is 4.90 Å². The number of fused-ring (bicyclic) bond motifs is 2. The van der Waals surface area contributed by atoms with Crippen LogP contribution in [-0.2, 0) is 0 Å². The summed E-state index contributed by atoms with van der Waals surface area (Å²) < 4.78 is 0. The fourth-order valence-corrected chi connectivity index (χ4v) is 3.92. The molecule has 1 aromatic heterocycles. The van der Waals surface area contributed by atoms with E-state index in [4.69, 9.17) is 0 Å². The topological polar surface area (TPSA) is 19.4 Å². The number of aryl methyl sites for hydroxylation is 1. The minimum absolute atomic E-state index is 0.738. The lowest BCUT2D eigenvalue weighted by atomic mass is 10.1. The van der Waals surface area contributed by atoms with E-state index in [1.807, 2.05) is 0 Å². The molecule has 0 radical (unpaired) electrons. The fraction of sp³-hybridized carbons (Fsp3) is 0.471. The predicted molar refractivity (Wildman–Crippen MR) is 83.2 cm³/mol. The van der Waals surface area contributed by atoms with Crippen molar-refractivity contribution in [3.63, 3.8) is 0 Å². The van der Waals surface area contributed by atoms with Crippen molar-refractivity contribution in [2.24, 2.45) is 5.92 Å². The summed E-state index contributed by atoms with van der Waals surface area (Å²) in [5.74, 6) is 0.840. The van der Waals surface area contributed by atoms with E-state index in [1.54, 1.807) is 0 Å². The van der Waals surface area contributed by atoms with Gasteiger partial charge in [-0.3, -0.25) is 4.98 Å². The lowest BCUT2D eigenvalue weighted by Crippen LogP contribution is -2.32. The third-order valence-electron chi connectivity index (χ3n) is 4.99. The molecule has 2 fully saturated rings. The van der Waals surface area contributed by atoms with Crippen molar-refractivity contribution < 1.29 is 0 Å². The fourth-order valence-electron chi connectivity index (χ4n) is 3.92. The van der Waals surface area contributed by atoms with Crippen LogP contribution in [0.5, 0.6) is 0 Å². The van der Waals surface area contributed by atoms with Crippen LogP contribution in [0.15, 0.2) is 30.3 Å². The van der Waals surface area contributed by atoms with Crippen LogP contribution in [0.4, 0.5) is 5.69 Å². The molecule has 3 nitrogen and oxygen atoms in total. The number of likely N-dealkylation sites (tertiary alicyclic amines) is 1. The Labute approximate surface area is 120 Å². The van der Waals surface area contributed by atoms with E-state index in [0.717, 1.165) is 29.7 Å². The summed E-state index contributed by atoms with van der Waals surface area (Å²) in [4.78, 5) is 9.76. The number of nitrogens with zero attached hydrogens (tertiary/aromatic N) is 3. The van der Waals surface area contributed by atoms with Crippen molar-refractivity contribution in [2.45, 2.75) is 19.4 Å². The molecule has 0 unspecified atom stereocenters. The van der Waals surface area contributed by atoms with Gasteiger partial charge in [0.15, 0.2) is 0 Å². The Kier molecular flexibility index (Phi) is 2.71. The van der Waals surface area contributed by atoms with Crippen LogP contribution in [0.3, 0.4) is 0 Å². The molecule has 2 aliphatic rings. The van der Waals surface area contributed by atoms with Gasteiger partial charge in [-0.05, 0) is 45.0 Å². The summed E-state index contributed by atoms with van der Waals surface area (Å²) in [6.07, 6.45) is 1.35. The largest absolute Gasteiger partial charge is 0.369 e. The number of likely N-dealkylation sites (N-methyl/N-ethyl adjacent to an activating group) is 1. The van der Waals surface area contributed by atoms with Gasteiger partial charge in [0.05, 0.1) is 5.52 Å². The molecule has 0 saturated carbocycles. The lowest BCUT2D eigenvalue weighted by molar-refractivity contribution is 0.310. The van der Waals surface area contributed by atoms with E-state index < -0.39 is 0 Å². The SMILES string of the molecule is Cc1cc(N2C[C@H]3CCN(C)[C@H]3C2)c2ccccc2n1. The number of anilines is 1. The molecule has 104 valence electrons. The number of rotatable bonds is 1. The van der Waals surface area contributed by atoms with Crippen LogP contribution in [0.2, 0.25) is 0 Å². The second-order valence-corrected chi connectivity index (χ2v) is 6.30. The van der Waals surface area contributed by atoms with Crippen LogP contribution >= 0.6 is 0 Å². The molecule has 0 spiro atoms. The standard InChI is InChI=1S/C17H21N3/c1-12-9-16(14-5-3-4-6-15(14)18-12)20-10-13-7-8-19(2)17(13)11-20/h3-6,9,13,17H,7-8,10-11H2,1-2H3/t13-,17+/m1/s1. The molecule has 3 heteroatoms. The number of benzene rings is 1. The van der Waals surface area contributed by atoms with E-state index in [2.05, 4.69) is 59.1 Å². The average Bonchev–Trinajstić information content (AvgIpc) is 3.00. The molecule has 3 heterocycles. The van der Waals surface area contributed by atoms with E-state index in [1.165, 1.54) is 30.6 Å². The number of hydrogen-bond donors (Lipinski definition) is 0. The molecule has 2 saturated heterocycles. The third kappa shape index (κ3) is 1.80. The molecular formula is C17H21N3. The molecular weight excluding hydrogens is 246 g/mol. The highest BCUT2D eigenvalue weighted by atomic mass is 15.3. The monoisotopic (exact) mass is 267 g/mol.